The third-order valence-corrected chi connectivity index (χ3v) is 3.32. The molecule has 1 fully saturated rings. The van der Waals surface area contributed by atoms with Gasteiger partial charge in [0.2, 0.25) is 0 Å². The number of hydrogen-bond acceptors (Lipinski definition) is 3. The van der Waals surface area contributed by atoms with Crippen LogP contribution in [0.25, 0.3) is 10.9 Å². The third-order valence-electron chi connectivity index (χ3n) is 3.32. The van der Waals surface area contributed by atoms with E-state index >= 15 is 0 Å². The van der Waals surface area contributed by atoms with Crippen LogP contribution in [0, 0.1) is 0 Å². The monoisotopic (exact) mass is 227 g/mol. The minimum Gasteiger partial charge on any atom is -0.369 e. The average Bonchev–Trinajstić information content (AvgIpc) is 2.38. The van der Waals surface area contributed by atoms with Crippen molar-refractivity contribution in [1.29, 1.82) is 0 Å². The van der Waals surface area contributed by atoms with Crippen molar-refractivity contribution in [2.45, 2.75) is 13.0 Å². The fourth-order valence-electron chi connectivity index (χ4n) is 2.43. The lowest BCUT2D eigenvalue weighted by Crippen LogP contribution is -2.49. The van der Waals surface area contributed by atoms with E-state index in [1.165, 1.54) is 11.1 Å². The van der Waals surface area contributed by atoms with Crippen molar-refractivity contribution < 1.29 is 0 Å². The molecule has 17 heavy (non-hydrogen) atoms. The van der Waals surface area contributed by atoms with Crippen LogP contribution in [0.15, 0.2) is 36.5 Å². The van der Waals surface area contributed by atoms with Gasteiger partial charge in [-0.05, 0) is 31.2 Å². The van der Waals surface area contributed by atoms with E-state index in [1.807, 2.05) is 12.3 Å². The Labute approximate surface area is 101 Å². The highest BCUT2D eigenvalue weighted by Crippen LogP contribution is 2.21. The van der Waals surface area contributed by atoms with Gasteiger partial charge in [0.25, 0.3) is 0 Å². The van der Waals surface area contributed by atoms with Crippen LogP contribution >= 0.6 is 0 Å². The Hall–Kier alpha value is -1.61. The molecule has 1 aromatic carbocycles. The summed E-state index contributed by atoms with van der Waals surface area (Å²) in [6.07, 6.45) is 1.84. The first-order chi connectivity index (χ1) is 8.33. The average molecular weight is 227 g/mol. The summed E-state index contributed by atoms with van der Waals surface area (Å²) in [5.74, 6) is 0. The minimum atomic E-state index is 0.563. The highest BCUT2D eigenvalue weighted by molar-refractivity contribution is 5.82. The van der Waals surface area contributed by atoms with Crippen molar-refractivity contribution in [3.05, 3.63) is 36.5 Å². The largest absolute Gasteiger partial charge is 0.369 e. The Balaban J connectivity index is 1.94. The third kappa shape index (κ3) is 2.11. The van der Waals surface area contributed by atoms with Crippen molar-refractivity contribution in [3.8, 4) is 0 Å². The number of aromatic nitrogens is 1. The van der Waals surface area contributed by atoms with E-state index < -0.39 is 0 Å². The first-order valence-corrected chi connectivity index (χ1v) is 6.16. The number of benzene rings is 1. The van der Waals surface area contributed by atoms with Gasteiger partial charge in [0.15, 0.2) is 0 Å². The molecule has 2 aromatic rings. The number of piperazine rings is 1. The molecule has 0 aliphatic carbocycles. The lowest BCUT2D eigenvalue weighted by atomic mass is 10.1. The van der Waals surface area contributed by atoms with E-state index in [2.05, 4.69) is 46.4 Å². The Morgan fingerprint density at radius 1 is 1.35 bits per heavy atom. The number of rotatable bonds is 1. The number of anilines is 1. The molecule has 3 rings (SSSR count). The number of nitrogens with one attached hydrogen (secondary N) is 1. The predicted octanol–water partition coefficient (Wildman–Crippen LogP) is 2.03. The number of nitrogens with zero attached hydrogens (tertiary/aromatic N) is 2. The predicted molar refractivity (Wildman–Crippen MR) is 71.4 cm³/mol. The molecule has 1 aromatic heterocycles. The summed E-state index contributed by atoms with van der Waals surface area (Å²) >= 11 is 0. The second-order valence-electron chi connectivity index (χ2n) is 4.68. The molecule has 88 valence electrons. The second kappa shape index (κ2) is 4.34. The smallest absolute Gasteiger partial charge is 0.0703 e. The zero-order chi connectivity index (χ0) is 11.7. The van der Waals surface area contributed by atoms with Crippen LogP contribution in [0.1, 0.15) is 6.92 Å². The molecule has 1 saturated heterocycles. The molecule has 0 amide bonds. The van der Waals surface area contributed by atoms with Gasteiger partial charge in [-0.3, -0.25) is 4.98 Å². The van der Waals surface area contributed by atoms with Crippen molar-refractivity contribution in [3.63, 3.8) is 0 Å². The van der Waals surface area contributed by atoms with Crippen LogP contribution in [-0.4, -0.2) is 30.7 Å². The van der Waals surface area contributed by atoms with Crippen molar-refractivity contribution in [1.82, 2.24) is 10.3 Å². The molecule has 3 nitrogen and oxygen atoms in total. The molecule has 0 saturated carbocycles. The van der Waals surface area contributed by atoms with Crippen LogP contribution in [0.2, 0.25) is 0 Å². The molecule has 1 N–H and O–H groups in total. The molecule has 2 heterocycles. The maximum Gasteiger partial charge on any atom is 0.0703 e. The molecular formula is C14H17N3. The van der Waals surface area contributed by atoms with Crippen LogP contribution in [0.5, 0.6) is 0 Å². The molecule has 1 aliphatic heterocycles. The first kappa shape index (κ1) is 10.5. The van der Waals surface area contributed by atoms with E-state index in [0.717, 1.165) is 25.2 Å². The van der Waals surface area contributed by atoms with Crippen molar-refractivity contribution >= 4 is 16.6 Å². The van der Waals surface area contributed by atoms with Crippen molar-refractivity contribution in [2.24, 2.45) is 0 Å². The van der Waals surface area contributed by atoms with E-state index in [0.29, 0.717) is 6.04 Å². The van der Waals surface area contributed by atoms with Crippen LogP contribution < -0.4 is 10.2 Å². The van der Waals surface area contributed by atoms with Crippen LogP contribution in [-0.2, 0) is 0 Å². The van der Waals surface area contributed by atoms with Gasteiger partial charge < -0.3 is 10.2 Å². The van der Waals surface area contributed by atoms with E-state index in [1.54, 1.807) is 0 Å². The topological polar surface area (TPSA) is 28.2 Å². The van der Waals surface area contributed by atoms with Gasteiger partial charge in [-0.15, -0.1) is 0 Å². The van der Waals surface area contributed by atoms with Crippen LogP contribution in [0.3, 0.4) is 0 Å². The summed E-state index contributed by atoms with van der Waals surface area (Å²) in [6, 6.07) is 11.2. The summed E-state index contributed by atoms with van der Waals surface area (Å²) in [6.45, 7) is 5.45. The number of fused-ring (bicyclic) bond motifs is 1. The normalized spacial score (nSPS) is 20.8. The van der Waals surface area contributed by atoms with Gasteiger partial charge in [-0.25, -0.2) is 0 Å². The van der Waals surface area contributed by atoms with Gasteiger partial charge in [-0.2, -0.15) is 0 Å². The standard InChI is InChI=1S/C14H17N3/c1-11-10-17(8-7-15-11)13-4-5-14-12(9-13)3-2-6-16-14/h2-6,9,11,15H,7-8,10H2,1H3. The van der Waals surface area contributed by atoms with Crippen molar-refractivity contribution in [2.75, 3.05) is 24.5 Å². The fraction of sp³-hybridized carbons (Fsp3) is 0.357. The molecule has 0 radical (unpaired) electrons. The molecule has 0 spiro atoms. The van der Waals surface area contributed by atoms with Crippen LogP contribution in [0.4, 0.5) is 5.69 Å². The second-order valence-corrected chi connectivity index (χ2v) is 4.68. The number of hydrogen-bond donors (Lipinski definition) is 1. The first-order valence-electron chi connectivity index (χ1n) is 6.16. The van der Waals surface area contributed by atoms with Gasteiger partial charge >= 0.3 is 0 Å². The Morgan fingerprint density at radius 3 is 3.18 bits per heavy atom. The maximum absolute atomic E-state index is 4.35. The highest BCUT2D eigenvalue weighted by Gasteiger charge is 2.15. The van der Waals surface area contributed by atoms with E-state index in [9.17, 15) is 0 Å². The Morgan fingerprint density at radius 2 is 2.29 bits per heavy atom. The molecular weight excluding hydrogens is 210 g/mol. The quantitative estimate of drug-likeness (QED) is 0.808. The van der Waals surface area contributed by atoms with E-state index in [-0.39, 0.29) is 0 Å². The molecule has 0 bridgehead atoms. The summed E-state index contributed by atoms with van der Waals surface area (Å²) in [7, 11) is 0. The van der Waals surface area contributed by atoms with Gasteiger partial charge in [-0.1, -0.05) is 6.07 Å². The zero-order valence-corrected chi connectivity index (χ0v) is 10.1. The maximum atomic E-state index is 4.35. The molecule has 1 atom stereocenters. The Bertz CT molecular complexity index is 524. The van der Waals surface area contributed by atoms with E-state index in [4.69, 9.17) is 0 Å². The summed E-state index contributed by atoms with van der Waals surface area (Å²) in [5, 5.41) is 4.68. The SMILES string of the molecule is CC1CN(c2ccc3ncccc3c2)CCN1. The summed E-state index contributed by atoms with van der Waals surface area (Å²) in [5.41, 5.74) is 2.37. The fourth-order valence-corrected chi connectivity index (χ4v) is 2.43. The lowest BCUT2D eigenvalue weighted by Gasteiger charge is -2.33. The number of pyridine rings is 1. The lowest BCUT2D eigenvalue weighted by molar-refractivity contribution is 0.485. The van der Waals surface area contributed by atoms with Gasteiger partial charge in [0.05, 0.1) is 5.52 Å². The zero-order valence-electron chi connectivity index (χ0n) is 10.1. The summed E-state index contributed by atoms with van der Waals surface area (Å²) in [4.78, 5) is 6.79. The minimum absolute atomic E-state index is 0.563. The highest BCUT2D eigenvalue weighted by atomic mass is 15.2. The molecule has 1 aliphatic rings. The molecule has 3 heteroatoms. The van der Waals surface area contributed by atoms with Gasteiger partial charge in [0, 0.05) is 42.9 Å². The summed E-state index contributed by atoms with van der Waals surface area (Å²) < 4.78 is 0. The van der Waals surface area contributed by atoms with Gasteiger partial charge in [0.1, 0.15) is 0 Å². The Kier molecular flexibility index (Phi) is 2.69. The molecule has 1 unspecified atom stereocenters.